The SMILES string of the molecule is C[C@H]1C2Cc3cscc3[C@]1(C)CCN2C. The number of thiophene rings is 1. The molecular weight excluding hydrogens is 202 g/mol. The van der Waals surface area contributed by atoms with E-state index in [1.165, 1.54) is 19.4 Å². The fourth-order valence-electron chi connectivity index (χ4n) is 3.53. The summed E-state index contributed by atoms with van der Waals surface area (Å²) in [4.78, 5) is 2.56. The molecule has 1 fully saturated rings. The number of hydrogen-bond donors (Lipinski definition) is 0. The Kier molecular flexibility index (Phi) is 2.02. The van der Waals surface area contributed by atoms with Crippen LogP contribution in [0.1, 0.15) is 31.4 Å². The van der Waals surface area contributed by atoms with Crippen molar-refractivity contribution in [1.82, 2.24) is 4.90 Å². The van der Waals surface area contributed by atoms with E-state index in [4.69, 9.17) is 0 Å². The first-order valence-corrected chi connectivity index (χ1v) is 6.83. The zero-order valence-electron chi connectivity index (χ0n) is 9.79. The van der Waals surface area contributed by atoms with Gasteiger partial charge in [0.1, 0.15) is 0 Å². The Morgan fingerprint density at radius 3 is 3.07 bits per heavy atom. The van der Waals surface area contributed by atoms with Crippen molar-refractivity contribution in [3.63, 3.8) is 0 Å². The van der Waals surface area contributed by atoms with Crippen LogP contribution in [0.5, 0.6) is 0 Å². The number of likely N-dealkylation sites (tertiary alicyclic amines) is 1. The molecule has 82 valence electrons. The second-order valence-corrected chi connectivity index (χ2v) is 6.26. The highest BCUT2D eigenvalue weighted by Gasteiger charge is 2.47. The van der Waals surface area contributed by atoms with Crippen LogP contribution >= 0.6 is 11.3 Å². The van der Waals surface area contributed by atoms with Crippen LogP contribution in [0.15, 0.2) is 10.8 Å². The highest BCUT2D eigenvalue weighted by molar-refractivity contribution is 7.08. The van der Waals surface area contributed by atoms with Crippen LogP contribution in [-0.4, -0.2) is 24.5 Å². The van der Waals surface area contributed by atoms with Crippen LogP contribution in [0, 0.1) is 5.92 Å². The Bertz CT molecular complexity index is 384. The van der Waals surface area contributed by atoms with Gasteiger partial charge in [-0.05, 0) is 59.7 Å². The van der Waals surface area contributed by atoms with E-state index in [0.717, 1.165) is 12.0 Å². The molecule has 1 unspecified atom stereocenters. The molecular formula is C13H19NS. The van der Waals surface area contributed by atoms with Gasteiger partial charge in [0.05, 0.1) is 0 Å². The molecule has 1 aliphatic carbocycles. The van der Waals surface area contributed by atoms with Crippen molar-refractivity contribution in [2.45, 2.75) is 38.1 Å². The lowest BCUT2D eigenvalue weighted by molar-refractivity contribution is 0.0513. The molecule has 0 radical (unpaired) electrons. The van der Waals surface area contributed by atoms with E-state index < -0.39 is 0 Å². The molecule has 3 rings (SSSR count). The highest BCUT2D eigenvalue weighted by atomic mass is 32.1. The van der Waals surface area contributed by atoms with Gasteiger partial charge in [-0.25, -0.2) is 0 Å². The van der Waals surface area contributed by atoms with Crippen LogP contribution in [0.25, 0.3) is 0 Å². The summed E-state index contributed by atoms with van der Waals surface area (Å²) in [6.45, 7) is 6.18. The van der Waals surface area contributed by atoms with Gasteiger partial charge in [0.2, 0.25) is 0 Å². The predicted octanol–water partition coefficient (Wildman–Crippen LogP) is 2.90. The molecule has 0 amide bonds. The molecule has 1 nitrogen and oxygen atoms in total. The Hall–Kier alpha value is -0.340. The van der Waals surface area contributed by atoms with E-state index in [-0.39, 0.29) is 0 Å². The molecule has 2 aliphatic rings. The van der Waals surface area contributed by atoms with Gasteiger partial charge >= 0.3 is 0 Å². The van der Waals surface area contributed by atoms with Crippen LogP contribution in [0.3, 0.4) is 0 Å². The fraction of sp³-hybridized carbons (Fsp3) is 0.692. The molecule has 0 aromatic carbocycles. The molecule has 0 saturated carbocycles. The molecule has 1 aliphatic heterocycles. The standard InChI is InChI=1S/C13H19NS/c1-9-12-6-10-7-15-8-11(10)13(9,2)4-5-14(12)3/h7-9,12H,4-6H2,1-3H3/t9-,12?,13+/m0/s1. The van der Waals surface area contributed by atoms with Crippen LogP contribution < -0.4 is 0 Å². The minimum absolute atomic E-state index is 0.449. The van der Waals surface area contributed by atoms with E-state index in [1.54, 1.807) is 11.1 Å². The van der Waals surface area contributed by atoms with Crippen molar-refractivity contribution in [2.75, 3.05) is 13.6 Å². The van der Waals surface area contributed by atoms with Crippen molar-refractivity contribution < 1.29 is 0 Å². The zero-order chi connectivity index (χ0) is 10.6. The van der Waals surface area contributed by atoms with Crippen LogP contribution in [0.2, 0.25) is 0 Å². The number of likely N-dealkylation sites (N-methyl/N-ethyl adjacent to an activating group) is 1. The highest BCUT2D eigenvalue weighted by Crippen LogP contribution is 2.49. The summed E-state index contributed by atoms with van der Waals surface area (Å²) in [5, 5.41) is 4.76. The lowest BCUT2D eigenvalue weighted by atomic mass is 9.60. The number of hydrogen-bond acceptors (Lipinski definition) is 2. The van der Waals surface area contributed by atoms with E-state index in [9.17, 15) is 0 Å². The van der Waals surface area contributed by atoms with E-state index in [2.05, 4.69) is 36.6 Å². The number of fused-ring (bicyclic) bond motifs is 4. The lowest BCUT2D eigenvalue weighted by Crippen LogP contribution is -2.56. The monoisotopic (exact) mass is 221 g/mol. The molecule has 2 heterocycles. The number of rotatable bonds is 0. The van der Waals surface area contributed by atoms with Crippen LogP contribution in [-0.2, 0) is 11.8 Å². The van der Waals surface area contributed by atoms with E-state index in [1.807, 2.05) is 11.3 Å². The van der Waals surface area contributed by atoms with E-state index >= 15 is 0 Å². The lowest BCUT2D eigenvalue weighted by Gasteiger charge is -2.52. The molecule has 3 atom stereocenters. The van der Waals surface area contributed by atoms with Gasteiger partial charge in [0.15, 0.2) is 0 Å². The maximum Gasteiger partial charge on any atom is 0.0167 e. The van der Waals surface area contributed by atoms with Gasteiger partial charge in [-0.3, -0.25) is 0 Å². The fourth-order valence-corrected chi connectivity index (χ4v) is 4.54. The second-order valence-electron chi connectivity index (χ2n) is 5.52. The third-order valence-electron chi connectivity index (χ3n) is 4.92. The maximum atomic E-state index is 2.56. The van der Waals surface area contributed by atoms with Gasteiger partial charge in [-0.2, -0.15) is 11.3 Å². The topological polar surface area (TPSA) is 3.24 Å². The van der Waals surface area contributed by atoms with Crippen molar-refractivity contribution in [3.8, 4) is 0 Å². The summed E-state index contributed by atoms with van der Waals surface area (Å²) in [5.41, 5.74) is 3.73. The summed E-state index contributed by atoms with van der Waals surface area (Å²) < 4.78 is 0. The van der Waals surface area contributed by atoms with Crippen molar-refractivity contribution in [2.24, 2.45) is 5.92 Å². The first-order chi connectivity index (χ1) is 7.13. The van der Waals surface area contributed by atoms with Gasteiger partial charge < -0.3 is 4.90 Å². The molecule has 15 heavy (non-hydrogen) atoms. The quantitative estimate of drug-likeness (QED) is 0.651. The summed E-state index contributed by atoms with van der Waals surface area (Å²) in [6, 6.07) is 0.769. The Morgan fingerprint density at radius 2 is 2.27 bits per heavy atom. The second kappa shape index (κ2) is 3.08. The normalized spacial score (nSPS) is 40.2. The molecule has 2 bridgehead atoms. The van der Waals surface area contributed by atoms with Crippen molar-refractivity contribution in [1.29, 1.82) is 0 Å². The molecule has 2 heteroatoms. The van der Waals surface area contributed by atoms with Gasteiger partial charge in [0.25, 0.3) is 0 Å². The van der Waals surface area contributed by atoms with Gasteiger partial charge in [0, 0.05) is 6.04 Å². The molecule has 1 saturated heterocycles. The van der Waals surface area contributed by atoms with Gasteiger partial charge in [-0.1, -0.05) is 13.8 Å². The minimum Gasteiger partial charge on any atom is -0.303 e. The average Bonchev–Trinajstić information content (AvgIpc) is 2.66. The third kappa shape index (κ3) is 1.18. The molecule has 0 N–H and O–H groups in total. The average molecular weight is 221 g/mol. The van der Waals surface area contributed by atoms with Gasteiger partial charge in [-0.15, -0.1) is 0 Å². The molecule has 1 aromatic heterocycles. The summed E-state index contributed by atoms with van der Waals surface area (Å²) in [6.07, 6.45) is 2.59. The van der Waals surface area contributed by atoms with E-state index in [0.29, 0.717) is 5.41 Å². The van der Waals surface area contributed by atoms with Crippen molar-refractivity contribution in [3.05, 3.63) is 21.9 Å². The van der Waals surface area contributed by atoms with Crippen LogP contribution in [0.4, 0.5) is 0 Å². The largest absolute Gasteiger partial charge is 0.303 e. The first kappa shape index (κ1) is 9.86. The minimum atomic E-state index is 0.449. The Labute approximate surface area is 96.1 Å². The van der Waals surface area contributed by atoms with Crippen molar-refractivity contribution >= 4 is 11.3 Å². The summed E-state index contributed by atoms with van der Waals surface area (Å²) >= 11 is 1.89. The first-order valence-electron chi connectivity index (χ1n) is 5.89. The third-order valence-corrected chi connectivity index (χ3v) is 5.71. The molecule has 1 aromatic rings. The smallest absolute Gasteiger partial charge is 0.0167 e. The Balaban J connectivity index is 2.13. The maximum absolute atomic E-state index is 2.56. The Morgan fingerprint density at radius 1 is 1.47 bits per heavy atom. The number of piperidine rings is 1. The molecule has 0 spiro atoms. The predicted molar refractivity (Wildman–Crippen MR) is 65.6 cm³/mol. The zero-order valence-corrected chi connectivity index (χ0v) is 10.6. The summed E-state index contributed by atoms with van der Waals surface area (Å²) in [5.74, 6) is 0.804. The summed E-state index contributed by atoms with van der Waals surface area (Å²) in [7, 11) is 2.29. The number of nitrogens with zero attached hydrogens (tertiary/aromatic N) is 1.